The van der Waals surface area contributed by atoms with Crippen LogP contribution in [0.1, 0.15) is 29.9 Å². The highest BCUT2D eigenvalue weighted by atomic mass is 19.4. The Hall–Kier alpha value is -3.91. The van der Waals surface area contributed by atoms with Crippen molar-refractivity contribution in [1.29, 1.82) is 5.41 Å². The third kappa shape index (κ3) is 6.76. The molecule has 1 amide bonds. The number of carbonyl (C=O) groups is 1. The zero-order valence-electron chi connectivity index (χ0n) is 22.4. The average Bonchev–Trinajstić information content (AvgIpc) is 3.39. The van der Waals surface area contributed by atoms with Crippen molar-refractivity contribution in [3.8, 4) is 0 Å². The minimum atomic E-state index is -4.95. The first-order valence-electron chi connectivity index (χ1n) is 12.7. The van der Waals surface area contributed by atoms with Gasteiger partial charge < -0.3 is 30.1 Å². The summed E-state index contributed by atoms with van der Waals surface area (Å²) in [6.07, 6.45) is -5.43. The third-order valence-electron chi connectivity index (χ3n) is 6.91. The van der Waals surface area contributed by atoms with Gasteiger partial charge in [0, 0.05) is 37.3 Å². The Morgan fingerprint density at radius 2 is 1.71 bits per heavy atom. The van der Waals surface area contributed by atoms with Gasteiger partial charge in [-0.2, -0.15) is 13.2 Å². The van der Waals surface area contributed by atoms with Gasteiger partial charge in [0.2, 0.25) is 11.7 Å². The molecule has 0 spiro atoms. The number of benzene rings is 2. The highest BCUT2D eigenvalue weighted by molar-refractivity contribution is 6.08. The topological polar surface area (TPSA) is 90.6 Å². The van der Waals surface area contributed by atoms with E-state index in [0.29, 0.717) is 37.9 Å². The van der Waals surface area contributed by atoms with Crippen LogP contribution in [0.5, 0.6) is 0 Å². The molecule has 1 fully saturated rings. The highest BCUT2D eigenvalue weighted by Crippen LogP contribution is 2.40. The summed E-state index contributed by atoms with van der Waals surface area (Å²) in [5.74, 6) is -9.19. The molecule has 7 nitrogen and oxygen atoms in total. The molecule has 3 unspecified atom stereocenters. The fraction of sp³-hybridized carbons (Fsp3) is 0.357. The Bertz CT molecular complexity index is 1460. The summed E-state index contributed by atoms with van der Waals surface area (Å²) in [4.78, 5) is 15.9. The number of nitrogens with one attached hydrogen (secondary N) is 3. The largest absolute Gasteiger partial charge is 0.456 e. The third-order valence-corrected chi connectivity index (χ3v) is 6.91. The lowest BCUT2D eigenvalue weighted by Crippen LogP contribution is -2.58. The number of morpholine rings is 1. The van der Waals surface area contributed by atoms with E-state index in [9.17, 15) is 35.5 Å². The molecule has 226 valence electrons. The highest BCUT2D eigenvalue weighted by Gasteiger charge is 2.48. The molecule has 14 heteroatoms. The maximum Gasteiger partial charge on any atom is 0.449 e. The lowest BCUT2D eigenvalue weighted by molar-refractivity contribution is -0.153. The van der Waals surface area contributed by atoms with Gasteiger partial charge in [0.15, 0.2) is 0 Å². The average molecular weight is 601 g/mol. The molecule has 3 atom stereocenters. The van der Waals surface area contributed by atoms with Gasteiger partial charge >= 0.3 is 6.18 Å². The van der Waals surface area contributed by atoms with Gasteiger partial charge in [-0.1, -0.05) is 0 Å². The lowest BCUT2D eigenvalue weighted by Gasteiger charge is -2.38. The van der Waals surface area contributed by atoms with E-state index in [0.717, 1.165) is 37.3 Å². The van der Waals surface area contributed by atoms with Gasteiger partial charge in [-0.05, 0) is 50.4 Å². The Kier molecular flexibility index (Phi) is 8.97. The molecular formula is C28H27F7N4O3. The SMILES string of the molecule is CN1CCOC(CNC(=O)C(C)(Nc2ccc(F)cc2F)C(C(=N)c2ccc(F)cc2F)c2ccc(C(F)(F)F)o2)C1. The van der Waals surface area contributed by atoms with Crippen molar-refractivity contribution in [2.45, 2.75) is 30.7 Å². The Balaban J connectivity index is 1.84. The fourth-order valence-electron chi connectivity index (χ4n) is 4.75. The van der Waals surface area contributed by atoms with Gasteiger partial charge in [0.05, 0.1) is 30.0 Å². The van der Waals surface area contributed by atoms with Crippen LogP contribution in [0.2, 0.25) is 0 Å². The van der Waals surface area contributed by atoms with Crippen molar-refractivity contribution in [2.24, 2.45) is 0 Å². The Morgan fingerprint density at radius 3 is 2.31 bits per heavy atom. The van der Waals surface area contributed by atoms with Crippen molar-refractivity contribution in [2.75, 3.05) is 38.6 Å². The summed E-state index contributed by atoms with van der Waals surface area (Å²) < 4.78 is 108. The molecule has 3 N–H and O–H groups in total. The molecule has 0 aliphatic carbocycles. The van der Waals surface area contributed by atoms with Gasteiger partial charge in [-0.25, -0.2) is 17.6 Å². The number of furan rings is 1. The minimum absolute atomic E-state index is 0.0801. The van der Waals surface area contributed by atoms with Crippen LogP contribution in [0, 0.1) is 28.7 Å². The van der Waals surface area contributed by atoms with Crippen LogP contribution in [0.4, 0.5) is 36.4 Å². The normalized spacial score (nSPS) is 18.3. The monoisotopic (exact) mass is 600 g/mol. The number of hydrogen-bond donors (Lipinski definition) is 3. The molecular weight excluding hydrogens is 573 g/mol. The molecule has 0 bridgehead atoms. The van der Waals surface area contributed by atoms with Crippen molar-refractivity contribution in [3.63, 3.8) is 0 Å². The number of hydrogen-bond acceptors (Lipinski definition) is 6. The fourth-order valence-corrected chi connectivity index (χ4v) is 4.75. The Labute approximate surface area is 236 Å². The van der Waals surface area contributed by atoms with Crippen LogP contribution in [-0.4, -0.2) is 61.5 Å². The Morgan fingerprint density at radius 1 is 1.05 bits per heavy atom. The van der Waals surface area contributed by atoms with Crippen LogP contribution < -0.4 is 10.6 Å². The molecule has 1 aliphatic rings. The van der Waals surface area contributed by atoms with Gasteiger partial charge in [0.25, 0.3) is 0 Å². The number of alkyl halides is 3. The van der Waals surface area contributed by atoms with E-state index in [1.807, 2.05) is 11.9 Å². The summed E-state index contributed by atoms with van der Waals surface area (Å²) in [6.45, 7) is 2.52. The van der Waals surface area contributed by atoms with E-state index in [2.05, 4.69) is 10.6 Å². The quantitative estimate of drug-likeness (QED) is 0.229. The van der Waals surface area contributed by atoms with Crippen molar-refractivity contribution < 1.29 is 44.7 Å². The van der Waals surface area contributed by atoms with Crippen LogP contribution >= 0.6 is 0 Å². The number of carbonyl (C=O) groups excluding carboxylic acids is 1. The van der Waals surface area contributed by atoms with E-state index >= 15 is 0 Å². The maximum absolute atomic E-state index is 14.9. The van der Waals surface area contributed by atoms with Gasteiger partial charge in [-0.15, -0.1) is 0 Å². The molecule has 2 aromatic carbocycles. The lowest BCUT2D eigenvalue weighted by atomic mass is 9.77. The van der Waals surface area contributed by atoms with Crippen molar-refractivity contribution in [3.05, 3.63) is 88.9 Å². The summed E-state index contributed by atoms with van der Waals surface area (Å²) >= 11 is 0. The van der Waals surface area contributed by atoms with Crippen LogP contribution in [0.3, 0.4) is 0 Å². The van der Waals surface area contributed by atoms with E-state index in [-0.39, 0.29) is 6.54 Å². The second kappa shape index (κ2) is 12.1. The van der Waals surface area contributed by atoms with E-state index in [1.165, 1.54) is 0 Å². The number of ether oxygens (including phenoxy) is 1. The predicted octanol–water partition coefficient (Wildman–Crippen LogP) is 5.32. The summed E-state index contributed by atoms with van der Waals surface area (Å²) in [6, 6.07) is 5.95. The zero-order valence-corrected chi connectivity index (χ0v) is 22.4. The first kappa shape index (κ1) is 31.0. The number of nitrogens with zero attached hydrogens (tertiary/aromatic N) is 1. The molecule has 2 heterocycles. The molecule has 1 aliphatic heterocycles. The second-order valence-electron chi connectivity index (χ2n) is 10.1. The standard InChI is InChI=1S/C28H27F7N4O3/c1-27(38-21-6-4-16(30)12-20(21)32,26(40)37-13-17-14-39(2)9-10-41-17)24(22-7-8-23(42-22)28(33,34)35)25(36)18-5-3-15(29)11-19(18)31/h3-8,11-12,17,24,36,38H,9-10,13-14H2,1-2H3,(H,37,40). The molecule has 1 saturated heterocycles. The number of likely N-dealkylation sites (N-methyl/N-ethyl adjacent to an activating group) is 1. The van der Waals surface area contributed by atoms with E-state index < -0.39 is 81.4 Å². The van der Waals surface area contributed by atoms with E-state index in [1.54, 1.807) is 0 Å². The van der Waals surface area contributed by atoms with Crippen molar-refractivity contribution in [1.82, 2.24) is 10.2 Å². The first-order valence-corrected chi connectivity index (χ1v) is 12.7. The second-order valence-corrected chi connectivity index (χ2v) is 10.1. The smallest absolute Gasteiger partial charge is 0.449 e. The van der Waals surface area contributed by atoms with Gasteiger partial charge in [-0.3, -0.25) is 4.79 Å². The first-order chi connectivity index (χ1) is 19.7. The van der Waals surface area contributed by atoms with Crippen LogP contribution in [0.25, 0.3) is 0 Å². The molecule has 0 saturated carbocycles. The summed E-state index contributed by atoms with van der Waals surface area (Å²) in [7, 11) is 1.84. The predicted molar refractivity (Wildman–Crippen MR) is 138 cm³/mol. The number of anilines is 1. The minimum Gasteiger partial charge on any atom is -0.456 e. The number of amides is 1. The van der Waals surface area contributed by atoms with Crippen LogP contribution in [0.15, 0.2) is 52.9 Å². The molecule has 3 aromatic rings. The van der Waals surface area contributed by atoms with Crippen LogP contribution in [-0.2, 0) is 15.7 Å². The molecule has 1 aromatic heterocycles. The number of halogens is 7. The van der Waals surface area contributed by atoms with Crippen molar-refractivity contribution >= 4 is 17.3 Å². The summed E-state index contributed by atoms with van der Waals surface area (Å²) in [5.41, 5.74) is -4.04. The summed E-state index contributed by atoms with van der Waals surface area (Å²) in [5, 5.41) is 14.1. The van der Waals surface area contributed by atoms with Gasteiger partial charge in [0.1, 0.15) is 34.6 Å². The molecule has 0 radical (unpaired) electrons. The molecule has 4 rings (SSSR count). The number of rotatable bonds is 9. The maximum atomic E-state index is 14.9. The zero-order chi connectivity index (χ0) is 30.8. The van der Waals surface area contributed by atoms with E-state index in [4.69, 9.17) is 14.6 Å². The molecule has 42 heavy (non-hydrogen) atoms.